The molecule has 0 unspecified atom stereocenters. The molecule has 0 bridgehead atoms. The van der Waals surface area contributed by atoms with Gasteiger partial charge in [0, 0.05) is 35.4 Å². The molecule has 7 aromatic carbocycles. The molecular formula is C43H24BrNS. The molecule has 0 radical (unpaired) electrons. The number of thiophene rings is 1. The van der Waals surface area contributed by atoms with Crippen LogP contribution in [-0.2, 0) is 5.41 Å². The van der Waals surface area contributed by atoms with Crippen molar-refractivity contribution in [1.29, 1.82) is 0 Å². The first-order chi connectivity index (χ1) is 22.7. The van der Waals surface area contributed by atoms with E-state index in [9.17, 15) is 0 Å². The molecule has 0 N–H and O–H groups in total. The Balaban J connectivity index is 1.28. The van der Waals surface area contributed by atoms with Crippen LogP contribution in [0.3, 0.4) is 0 Å². The number of rotatable bonds is 1. The van der Waals surface area contributed by atoms with Crippen LogP contribution in [-0.4, -0.2) is 4.57 Å². The number of benzene rings is 7. The Hall–Kier alpha value is -4.96. The van der Waals surface area contributed by atoms with Crippen molar-refractivity contribution in [3.63, 3.8) is 0 Å². The Morgan fingerprint density at radius 3 is 1.74 bits per heavy atom. The fraction of sp³-hybridized carbons (Fsp3) is 0.0233. The quantitative estimate of drug-likeness (QED) is 0.164. The van der Waals surface area contributed by atoms with Crippen LogP contribution in [0.25, 0.3) is 69.9 Å². The Morgan fingerprint density at radius 2 is 1.02 bits per heavy atom. The van der Waals surface area contributed by atoms with Crippen LogP contribution >= 0.6 is 27.3 Å². The van der Waals surface area contributed by atoms with E-state index in [0.29, 0.717) is 0 Å². The van der Waals surface area contributed by atoms with Crippen molar-refractivity contribution in [2.75, 3.05) is 0 Å². The molecule has 9 aromatic rings. The van der Waals surface area contributed by atoms with Crippen molar-refractivity contribution in [2.24, 2.45) is 0 Å². The normalized spacial score (nSPS) is 13.9. The van der Waals surface area contributed by atoms with Gasteiger partial charge in [0.25, 0.3) is 0 Å². The third kappa shape index (κ3) is 2.96. The number of nitrogens with zero attached hydrogens (tertiary/aromatic N) is 1. The zero-order chi connectivity index (χ0) is 30.1. The maximum Gasteiger partial charge on any atom is 0.0725 e. The lowest BCUT2D eigenvalue weighted by Gasteiger charge is -2.30. The second kappa shape index (κ2) is 8.85. The highest BCUT2D eigenvalue weighted by atomic mass is 79.9. The SMILES string of the molecule is Brc1cc2c(cc1-n1c3ccccc3c3cc4c(cc31)-c1ccccc1C41c3ccccc3-c3ccccc31)sc1ccccc12. The van der Waals surface area contributed by atoms with Gasteiger partial charge in [-0.3, -0.25) is 0 Å². The van der Waals surface area contributed by atoms with Crippen LogP contribution in [0.1, 0.15) is 22.3 Å². The molecule has 0 saturated carbocycles. The molecule has 2 heterocycles. The first kappa shape index (κ1) is 25.3. The number of halogens is 1. The monoisotopic (exact) mass is 665 g/mol. The molecular weight excluding hydrogens is 642 g/mol. The molecule has 0 saturated heterocycles. The van der Waals surface area contributed by atoms with Gasteiger partial charge in [-0.1, -0.05) is 109 Å². The van der Waals surface area contributed by atoms with E-state index in [1.165, 1.54) is 92.2 Å². The smallest absolute Gasteiger partial charge is 0.0725 e. The molecule has 1 spiro atoms. The van der Waals surface area contributed by atoms with Crippen LogP contribution in [0.2, 0.25) is 0 Å². The number of aromatic nitrogens is 1. The summed E-state index contributed by atoms with van der Waals surface area (Å²) in [7, 11) is 0. The zero-order valence-corrected chi connectivity index (χ0v) is 27.0. The molecule has 46 heavy (non-hydrogen) atoms. The van der Waals surface area contributed by atoms with Crippen molar-refractivity contribution < 1.29 is 0 Å². The van der Waals surface area contributed by atoms with E-state index in [4.69, 9.17) is 0 Å². The first-order valence-corrected chi connectivity index (χ1v) is 17.3. The Morgan fingerprint density at radius 1 is 0.435 bits per heavy atom. The largest absolute Gasteiger partial charge is 0.308 e. The van der Waals surface area contributed by atoms with Crippen LogP contribution < -0.4 is 0 Å². The maximum atomic E-state index is 4.04. The lowest BCUT2D eigenvalue weighted by Crippen LogP contribution is -2.25. The zero-order valence-electron chi connectivity index (χ0n) is 24.6. The maximum absolute atomic E-state index is 4.04. The van der Waals surface area contributed by atoms with E-state index < -0.39 is 0 Å². The molecule has 2 aliphatic rings. The summed E-state index contributed by atoms with van der Waals surface area (Å²) in [6, 6.07) is 54.5. The minimum Gasteiger partial charge on any atom is -0.308 e. The van der Waals surface area contributed by atoms with Crippen molar-refractivity contribution >= 4 is 69.2 Å². The number of fused-ring (bicyclic) bond motifs is 16. The molecule has 2 aromatic heterocycles. The molecule has 1 nitrogen and oxygen atoms in total. The predicted molar refractivity (Wildman–Crippen MR) is 198 cm³/mol. The van der Waals surface area contributed by atoms with Gasteiger partial charge >= 0.3 is 0 Å². The molecule has 2 aliphatic carbocycles. The van der Waals surface area contributed by atoms with Crippen molar-refractivity contribution in [3.8, 4) is 27.9 Å². The van der Waals surface area contributed by atoms with Gasteiger partial charge in [0.1, 0.15) is 0 Å². The van der Waals surface area contributed by atoms with E-state index in [0.717, 1.165) is 4.47 Å². The second-order valence-electron chi connectivity index (χ2n) is 12.6. The van der Waals surface area contributed by atoms with Crippen LogP contribution in [0.15, 0.2) is 150 Å². The van der Waals surface area contributed by atoms with Crippen LogP contribution in [0, 0.1) is 0 Å². The van der Waals surface area contributed by atoms with Gasteiger partial charge in [0.2, 0.25) is 0 Å². The number of hydrogen-bond donors (Lipinski definition) is 0. The topological polar surface area (TPSA) is 4.93 Å². The minimum atomic E-state index is -0.354. The van der Waals surface area contributed by atoms with Gasteiger partial charge in [-0.25, -0.2) is 0 Å². The van der Waals surface area contributed by atoms with Crippen LogP contribution in [0.4, 0.5) is 0 Å². The lowest BCUT2D eigenvalue weighted by molar-refractivity contribution is 0.795. The van der Waals surface area contributed by atoms with Gasteiger partial charge in [-0.2, -0.15) is 0 Å². The van der Waals surface area contributed by atoms with Gasteiger partial charge in [0.15, 0.2) is 0 Å². The average Bonchev–Trinajstić information content (AvgIpc) is 3.80. The second-order valence-corrected chi connectivity index (χ2v) is 14.5. The molecule has 0 atom stereocenters. The summed E-state index contributed by atoms with van der Waals surface area (Å²) < 4.78 is 6.20. The summed E-state index contributed by atoms with van der Waals surface area (Å²) in [6.45, 7) is 0. The fourth-order valence-corrected chi connectivity index (χ4v) is 10.4. The molecule has 11 rings (SSSR count). The van der Waals surface area contributed by atoms with Crippen molar-refractivity contribution in [3.05, 3.63) is 172 Å². The minimum absolute atomic E-state index is 0.354. The fourth-order valence-electron chi connectivity index (χ4n) is 8.72. The highest BCUT2D eigenvalue weighted by Gasteiger charge is 2.51. The van der Waals surface area contributed by atoms with Crippen molar-refractivity contribution in [1.82, 2.24) is 4.57 Å². The standard InChI is InChI=1S/C43H24BrNS/c44-37-22-32-29-15-5-10-20-41(29)46-42(32)24-40(37)45-38-19-9-4-14-28(38)31-21-36-30(23-39(31)45)27-13-3-8-18-35(27)43(36)33-16-6-1-11-25(33)26-12-2-7-17-34(26)43/h1-24H. The van der Waals surface area contributed by atoms with Crippen LogP contribution in [0.5, 0.6) is 0 Å². The Labute approximate surface area is 278 Å². The number of hydrogen-bond acceptors (Lipinski definition) is 1. The first-order valence-electron chi connectivity index (χ1n) is 15.7. The molecule has 0 aliphatic heterocycles. The van der Waals surface area contributed by atoms with Gasteiger partial charge in [-0.05, 0) is 96.8 Å². The highest BCUT2D eigenvalue weighted by molar-refractivity contribution is 9.10. The van der Waals surface area contributed by atoms with E-state index in [1.54, 1.807) is 0 Å². The highest BCUT2D eigenvalue weighted by Crippen LogP contribution is 2.63. The molecule has 3 heteroatoms. The average molecular weight is 667 g/mol. The molecule has 214 valence electrons. The lowest BCUT2D eigenvalue weighted by atomic mass is 9.70. The summed E-state index contributed by atoms with van der Waals surface area (Å²) in [5, 5.41) is 5.17. The number of para-hydroxylation sites is 1. The molecule has 0 amide bonds. The van der Waals surface area contributed by atoms with E-state index >= 15 is 0 Å². The summed E-state index contributed by atoms with van der Waals surface area (Å²) in [6.07, 6.45) is 0. The summed E-state index contributed by atoms with van der Waals surface area (Å²) in [5.74, 6) is 0. The van der Waals surface area contributed by atoms with Crippen molar-refractivity contribution in [2.45, 2.75) is 5.41 Å². The van der Waals surface area contributed by atoms with E-state index in [2.05, 4.69) is 166 Å². The summed E-state index contributed by atoms with van der Waals surface area (Å²) in [5.41, 5.74) is 14.1. The third-order valence-corrected chi connectivity index (χ3v) is 12.2. The summed E-state index contributed by atoms with van der Waals surface area (Å²) in [4.78, 5) is 0. The van der Waals surface area contributed by atoms with Gasteiger partial charge in [-0.15, -0.1) is 11.3 Å². The Bertz CT molecular complexity index is 2730. The summed E-state index contributed by atoms with van der Waals surface area (Å²) >= 11 is 5.91. The van der Waals surface area contributed by atoms with E-state index in [-0.39, 0.29) is 5.41 Å². The molecule has 0 fully saturated rings. The van der Waals surface area contributed by atoms with Gasteiger partial charge < -0.3 is 4.57 Å². The van der Waals surface area contributed by atoms with Gasteiger partial charge in [0.05, 0.1) is 22.1 Å². The third-order valence-electron chi connectivity index (χ3n) is 10.5. The van der Waals surface area contributed by atoms with E-state index in [1.807, 2.05) is 11.3 Å². The predicted octanol–water partition coefficient (Wildman–Crippen LogP) is 12.3. The Kier molecular flexibility index (Phi) is 4.86.